The van der Waals surface area contributed by atoms with Crippen LogP contribution in [-0.4, -0.2) is 42.2 Å². The predicted octanol–water partition coefficient (Wildman–Crippen LogP) is 2.47. The SMILES string of the molecule is CCC(Oc1ccccc1)C(=O)N(C)CCCCCO. The fraction of sp³-hybridized carbons (Fsp3) is 0.562. The lowest BCUT2D eigenvalue weighted by Gasteiger charge is -2.23. The average molecular weight is 279 g/mol. The number of aliphatic hydroxyl groups excluding tert-OH is 1. The second kappa shape index (κ2) is 9.37. The minimum Gasteiger partial charge on any atom is -0.481 e. The first-order valence-corrected chi connectivity index (χ1v) is 7.26. The zero-order valence-corrected chi connectivity index (χ0v) is 12.4. The van der Waals surface area contributed by atoms with E-state index >= 15 is 0 Å². The molecule has 1 N–H and O–H groups in total. The van der Waals surface area contributed by atoms with E-state index in [9.17, 15) is 4.79 Å². The van der Waals surface area contributed by atoms with Crippen molar-refractivity contribution >= 4 is 5.91 Å². The van der Waals surface area contributed by atoms with Crippen LogP contribution in [0.3, 0.4) is 0 Å². The number of rotatable bonds is 9. The molecule has 0 saturated heterocycles. The van der Waals surface area contributed by atoms with Crippen LogP contribution in [0.15, 0.2) is 30.3 Å². The lowest BCUT2D eigenvalue weighted by Crippen LogP contribution is -2.39. The summed E-state index contributed by atoms with van der Waals surface area (Å²) in [5.41, 5.74) is 0. The van der Waals surface area contributed by atoms with Crippen LogP contribution in [0.25, 0.3) is 0 Å². The number of nitrogens with zero attached hydrogens (tertiary/aromatic N) is 1. The van der Waals surface area contributed by atoms with Gasteiger partial charge in [0.1, 0.15) is 5.75 Å². The first-order chi connectivity index (χ1) is 9.69. The standard InChI is InChI=1S/C16H25NO3/c1-3-15(20-14-10-6-4-7-11-14)16(19)17(2)12-8-5-9-13-18/h4,6-7,10-11,15,18H,3,5,8-9,12-13H2,1-2H3. The molecular weight excluding hydrogens is 254 g/mol. The molecule has 0 saturated carbocycles. The van der Waals surface area contributed by atoms with Crippen LogP contribution in [-0.2, 0) is 4.79 Å². The number of para-hydroxylation sites is 1. The Balaban J connectivity index is 2.45. The molecule has 0 aliphatic carbocycles. The second-order valence-electron chi connectivity index (χ2n) is 4.87. The minimum absolute atomic E-state index is 0.0142. The van der Waals surface area contributed by atoms with E-state index in [0.29, 0.717) is 13.0 Å². The molecule has 1 aromatic carbocycles. The molecule has 1 aromatic rings. The van der Waals surface area contributed by atoms with Crippen molar-refractivity contribution in [2.45, 2.75) is 38.7 Å². The van der Waals surface area contributed by atoms with Gasteiger partial charge in [-0.15, -0.1) is 0 Å². The van der Waals surface area contributed by atoms with Gasteiger partial charge in [-0.2, -0.15) is 0 Å². The van der Waals surface area contributed by atoms with Crippen LogP contribution in [0.4, 0.5) is 0 Å². The molecule has 0 aliphatic heterocycles. The van der Waals surface area contributed by atoms with E-state index < -0.39 is 6.10 Å². The molecule has 0 bridgehead atoms. The Morgan fingerprint density at radius 2 is 1.95 bits per heavy atom. The van der Waals surface area contributed by atoms with Crippen LogP contribution in [0.5, 0.6) is 5.75 Å². The number of unbranched alkanes of at least 4 members (excludes halogenated alkanes) is 2. The first kappa shape index (κ1) is 16.5. The van der Waals surface area contributed by atoms with Gasteiger partial charge in [-0.3, -0.25) is 4.79 Å². The monoisotopic (exact) mass is 279 g/mol. The lowest BCUT2D eigenvalue weighted by molar-refractivity contribution is -0.137. The molecule has 0 spiro atoms. The summed E-state index contributed by atoms with van der Waals surface area (Å²) in [6, 6.07) is 9.42. The van der Waals surface area contributed by atoms with Crippen molar-refractivity contribution in [1.29, 1.82) is 0 Å². The molecule has 0 heterocycles. The summed E-state index contributed by atoms with van der Waals surface area (Å²) in [5, 5.41) is 8.73. The Hall–Kier alpha value is -1.55. The van der Waals surface area contributed by atoms with Crippen molar-refractivity contribution in [3.8, 4) is 5.75 Å². The van der Waals surface area contributed by atoms with Crippen molar-refractivity contribution in [3.05, 3.63) is 30.3 Å². The normalized spacial score (nSPS) is 11.9. The zero-order valence-electron chi connectivity index (χ0n) is 12.4. The minimum atomic E-state index is -0.430. The first-order valence-electron chi connectivity index (χ1n) is 7.26. The summed E-state index contributed by atoms with van der Waals surface area (Å²) in [7, 11) is 1.80. The average Bonchev–Trinajstić information content (AvgIpc) is 2.49. The van der Waals surface area contributed by atoms with Crippen LogP contribution in [0.1, 0.15) is 32.6 Å². The third-order valence-corrected chi connectivity index (χ3v) is 3.20. The molecule has 0 aromatic heterocycles. The van der Waals surface area contributed by atoms with Gasteiger partial charge in [-0.05, 0) is 37.8 Å². The maximum atomic E-state index is 12.3. The van der Waals surface area contributed by atoms with Gasteiger partial charge in [0.05, 0.1) is 0 Å². The number of amides is 1. The molecular formula is C16H25NO3. The van der Waals surface area contributed by atoms with Gasteiger partial charge in [-0.1, -0.05) is 25.1 Å². The quantitative estimate of drug-likeness (QED) is 0.706. The molecule has 4 heteroatoms. The summed E-state index contributed by atoms with van der Waals surface area (Å²) in [4.78, 5) is 14.0. The molecule has 112 valence electrons. The highest BCUT2D eigenvalue weighted by atomic mass is 16.5. The zero-order chi connectivity index (χ0) is 14.8. The number of carbonyl (C=O) groups is 1. The molecule has 1 unspecified atom stereocenters. The summed E-state index contributed by atoms with van der Waals surface area (Å²) < 4.78 is 5.74. The Morgan fingerprint density at radius 1 is 1.25 bits per heavy atom. The predicted molar refractivity (Wildman–Crippen MR) is 79.7 cm³/mol. The Labute approximate surface area is 121 Å². The number of hydrogen-bond donors (Lipinski definition) is 1. The molecule has 0 radical (unpaired) electrons. The third-order valence-electron chi connectivity index (χ3n) is 3.20. The number of ether oxygens (including phenoxy) is 1. The largest absolute Gasteiger partial charge is 0.481 e. The van der Waals surface area contributed by atoms with E-state index in [0.717, 1.165) is 25.0 Å². The molecule has 4 nitrogen and oxygen atoms in total. The third kappa shape index (κ3) is 5.61. The van der Waals surface area contributed by atoms with Crippen molar-refractivity contribution in [2.75, 3.05) is 20.2 Å². The fourth-order valence-corrected chi connectivity index (χ4v) is 1.97. The molecule has 1 amide bonds. The van der Waals surface area contributed by atoms with Gasteiger partial charge in [0, 0.05) is 20.2 Å². The van der Waals surface area contributed by atoms with Gasteiger partial charge >= 0.3 is 0 Å². The number of carbonyl (C=O) groups excluding carboxylic acids is 1. The van der Waals surface area contributed by atoms with E-state index in [1.807, 2.05) is 37.3 Å². The van der Waals surface area contributed by atoms with Gasteiger partial charge in [0.2, 0.25) is 0 Å². The molecule has 20 heavy (non-hydrogen) atoms. The van der Waals surface area contributed by atoms with Crippen LogP contribution >= 0.6 is 0 Å². The number of benzene rings is 1. The van der Waals surface area contributed by atoms with Gasteiger partial charge in [0.15, 0.2) is 6.10 Å². The van der Waals surface area contributed by atoms with E-state index in [4.69, 9.17) is 9.84 Å². The molecule has 0 fully saturated rings. The number of hydrogen-bond acceptors (Lipinski definition) is 3. The molecule has 0 aliphatic rings. The van der Waals surface area contributed by atoms with E-state index in [1.54, 1.807) is 11.9 Å². The highest BCUT2D eigenvalue weighted by Crippen LogP contribution is 2.14. The Morgan fingerprint density at radius 3 is 2.55 bits per heavy atom. The summed E-state index contributed by atoms with van der Waals surface area (Å²) in [6.45, 7) is 2.87. The molecule has 1 rings (SSSR count). The van der Waals surface area contributed by atoms with E-state index in [2.05, 4.69) is 0 Å². The van der Waals surface area contributed by atoms with Crippen molar-refractivity contribution in [2.24, 2.45) is 0 Å². The topological polar surface area (TPSA) is 49.8 Å². The smallest absolute Gasteiger partial charge is 0.263 e. The lowest BCUT2D eigenvalue weighted by atomic mass is 10.2. The van der Waals surface area contributed by atoms with Crippen LogP contribution in [0, 0.1) is 0 Å². The summed E-state index contributed by atoms with van der Waals surface area (Å²) in [6.07, 6.45) is 2.85. The summed E-state index contributed by atoms with van der Waals surface area (Å²) in [5.74, 6) is 0.738. The fourth-order valence-electron chi connectivity index (χ4n) is 1.97. The summed E-state index contributed by atoms with van der Waals surface area (Å²) >= 11 is 0. The van der Waals surface area contributed by atoms with Crippen LogP contribution in [0.2, 0.25) is 0 Å². The van der Waals surface area contributed by atoms with Crippen molar-refractivity contribution in [3.63, 3.8) is 0 Å². The molecule has 1 atom stereocenters. The van der Waals surface area contributed by atoms with Gasteiger partial charge < -0.3 is 14.7 Å². The van der Waals surface area contributed by atoms with Gasteiger partial charge in [0.25, 0.3) is 5.91 Å². The van der Waals surface area contributed by atoms with Crippen molar-refractivity contribution < 1.29 is 14.6 Å². The highest BCUT2D eigenvalue weighted by molar-refractivity contribution is 5.81. The Kier molecular flexibility index (Phi) is 7.73. The Bertz CT molecular complexity index is 381. The second-order valence-corrected chi connectivity index (χ2v) is 4.87. The van der Waals surface area contributed by atoms with Gasteiger partial charge in [-0.25, -0.2) is 0 Å². The number of aliphatic hydroxyl groups is 1. The van der Waals surface area contributed by atoms with Crippen LogP contribution < -0.4 is 4.74 Å². The van der Waals surface area contributed by atoms with E-state index in [1.165, 1.54) is 0 Å². The van der Waals surface area contributed by atoms with Crippen molar-refractivity contribution in [1.82, 2.24) is 4.90 Å². The van der Waals surface area contributed by atoms with E-state index in [-0.39, 0.29) is 12.5 Å². The maximum Gasteiger partial charge on any atom is 0.263 e. The highest BCUT2D eigenvalue weighted by Gasteiger charge is 2.21. The maximum absolute atomic E-state index is 12.3. The number of likely N-dealkylation sites (N-methyl/N-ethyl adjacent to an activating group) is 1.